The highest BCUT2D eigenvalue weighted by Crippen LogP contribution is 2.59. The Morgan fingerprint density at radius 1 is 0.147 bits per heavy atom. The van der Waals surface area contributed by atoms with Crippen molar-refractivity contribution in [3.05, 3.63) is 544 Å². The van der Waals surface area contributed by atoms with Crippen molar-refractivity contribution in [3.63, 3.8) is 0 Å². The highest BCUT2D eigenvalue weighted by atomic mass is 31.1. The first-order chi connectivity index (χ1) is 70.6. The Hall–Kier alpha value is -16.8. The predicted molar refractivity (Wildman–Crippen MR) is 616 cm³/mol. The molecular formula is C137H110N4P2. The third-order valence-corrected chi connectivity index (χ3v) is 33.6. The quantitative estimate of drug-likeness (QED) is 0.0463. The molecule has 22 rings (SSSR count). The van der Waals surface area contributed by atoms with Gasteiger partial charge in [-0.15, -0.1) is 15.1 Å². The lowest BCUT2D eigenvalue weighted by Crippen LogP contribution is -2.09. The first kappa shape index (κ1) is 91.3. The zero-order valence-electron chi connectivity index (χ0n) is 81.2. The summed E-state index contributed by atoms with van der Waals surface area (Å²) in [5, 5.41) is 5.90. The number of hydrogen-bond donors (Lipinski definition) is 0. The Bertz CT molecular complexity index is 7900. The molecule has 6 heteroatoms. The van der Waals surface area contributed by atoms with Gasteiger partial charge < -0.3 is 19.6 Å². The number of aryl methyl sites for hydroxylation is 1. The van der Waals surface area contributed by atoms with Crippen LogP contribution in [0.15, 0.2) is 528 Å². The van der Waals surface area contributed by atoms with Gasteiger partial charge in [-0.25, -0.2) is 0 Å². The maximum atomic E-state index is 2.46. The minimum Gasteiger partial charge on any atom is -0.311 e. The Morgan fingerprint density at radius 2 is 0.308 bits per heavy atom. The molecule has 0 aliphatic heterocycles. The van der Waals surface area contributed by atoms with Crippen LogP contribution in [0.2, 0.25) is 0 Å². The molecule has 22 aromatic rings. The van der Waals surface area contributed by atoms with Crippen molar-refractivity contribution in [1.29, 1.82) is 0 Å². The van der Waals surface area contributed by atoms with E-state index in [0.717, 1.165) is 121 Å². The van der Waals surface area contributed by atoms with Crippen molar-refractivity contribution >= 4 is 83.3 Å². The van der Waals surface area contributed by atoms with Gasteiger partial charge in [0.25, 0.3) is 0 Å². The maximum absolute atomic E-state index is 2.46. The summed E-state index contributed by atoms with van der Waals surface area (Å²) in [6, 6.07) is 194. The molecule has 0 amide bonds. The molecule has 2 aromatic heterocycles. The molecule has 2 heterocycles. The van der Waals surface area contributed by atoms with E-state index >= 15 is 0 Å². The minimum atomic E-state index is -0.682. The second kappa shape index (κ2) is 41.7. The van der Waals surface area contributed by atoms with Gasteiger partial charge in [0.2, 0.25) is 0 Å². The Morgan fingerprint density at radius 3 is 0.503 bits per heavy atom. The number of nitrogens with zero attached hydrogens (tertiary/aromatic N) is 4. The second-order valence-corrected chi connectivity index (χ2v) is 41.5. The van der Waals surface area contributed by atoms with Gasteiger partial charge in [-0.2, -0.15) is 0 Å². The lowest BCUT2D eigenvalue weighted by molar-refractivity contribution is 1.06. The van der Waals surface area contributed by atoms with Gasteiger partial charge in [0.15, 0.2) is 0 Å². The molecule has 143 heavy (non-hydrogen) atoms. The summed E-state index contributed by atoms with van der Waals surface area (Å²) in [6.07, 6.45) is 4.03. The van der Waals surface area contributed by atoms with Crippen LogP contribution in [0.25, 0.3) is 144 Å². The van der Waals surface area contributed by atoms with Crippen molar-refractivity contribution in [2.24, 2.45) is 0 Å². The van der Waals surface area contributed by atoms with Gasteiger partial charge in [-0.1, -0.05) is 398 Å². The SMILES string of the molecule is CCc1c(CC)c(-c2ccc(N(c3ccc(-c4ccccc4)cc3)c3ccc(-c4ccc(-c5cccc(-c6ccc(N(c7ccc(-c8ccccc8)cc7)c7ccc(-c8c(C)cc(-c9ccc(N(c%10ccc(-c%11ccccc%11)cc%10)c%10ccc(-c%11ccccc%11)cc%10)cc9)p8CC)cc7)cc6)c5)cc4)cc3)cc2)p(CC)c1-c1ccc(N(c2ccc(-c3ccccc3)cc2)c2ccc(-c3ccccc3)cc2)cc1. The third kappa shape index (κ3) is 19.1. The maximum Gasteiger partial charge on any atom is 0.0462 e. The molecule has 4 nitrogen and oxygen atoms in total. The van der Waals surface area contributed by atoms with E-state index in [1.807, 2.05) is 0 Å². The molecule has 0 N–H and O–H groups in total. The number of anilines is 12. The van der Waals surface area contributed by atoms with Crippen LogP contribution in [0.3, 0.4) is 0 Å². The highest BCUT2D eigenvalue weighted by molar-refractivity contribution is 7.56. The van der Waals surface area contributed by atoms with Gasteiger partial charge in [0.05, 0.1) is 0 Å². The average molecular weight is 1870 g/mol. The van der Waals surface area contributed by atoms with Crippen molar-refractivity contribution in [2.45, 2.75) is 59.8 Å². The molecule has 0 bridgehead atoms. The zero-order chi connectivity index (χ0) is 96.5. The molecule has 0 fully saturated rings. The van der Waals surface area contributed by atoms with E-state index in [9.17, 15) is 0 Å². The summed E-state index contributed by atoms with van der Waals surface area (Å²) in [5.41, 5.74) is 44.0. The predicted octanol–water partition coefficient (Wildman–Crippen LogP) is 40.7. The average Bonchev–Trinajstić information content (AvgIpc) is 1.60. The van der Waals surface area contributed by atoms with Crippen LogP contribution in [-0.4, -0.2) is 0 Å². The van der Waals surface area contributed by atoms with Gasteiger partial charge in [0.1, 0.15) is 0 Å². The number of benzene rings is 20. The van der Waals surface area contributed by atoms with E-state index in [0.29, 0.717) is 0 Å². The van der Waals surface area contributed by atoms with Crippen molar-refractivity contribution < 1.29 is 0 Å². The van der Waals surface area contributed by atoms with E-state index in [1.165, 1.54) is 132 Å². The van der Waals surface area contributed by atoms with Gasteiger partial charge >= 0.3 is 0 Å². The third-order valence-electron chi connectivity index (χ3n) is 28.1. The summed E-state index contributed by atoms with van der Waals surface area (Å²) in [4.78, 5) is 9.59. The molecule has 0 saturated carbocycles. The van der Waals surface area contributed by atoms with E-state index in [-0.39, 0.29) is 0 Å². The standard InChI is InChI=1S/C137H110N4P2/c1-6-132-133(7-2)137(143(9-4)136(132)116-67-91-130(92-68-116)139(122-75-51-107(52-76-122)100-33-20-12-21-34-100)123-77-53-108(54-78-123)101-35-22-13-23-36-101)117-69-93-131(94-70-117)140(124-79-55-109(56-80-124)102-37-24-14-25-38-102)126-83-59-111(60-84-126)104-43-45-112(46-44-104)118-41-28-42-119(96-118)113-61-85-127(86-62-113)141(125-81-57-110(58-82-125)103-39-26-15-27-40-103)129-89-65-115(66-90-129)135-97(5)95-134(142(135)8-3)114-63-87-128(88-64-114)138(120-71-47-105(48-72-120)98-29-16-10-17-30-98)121-73-49-106(50-74-121)99-31-18-11-19-32-99/h10-96H,6-9H2,1-5H3. The van der Waals surface area contributed by atoms with Gasteiger partial charge in [0, 0.05) is 89.4 Å². The molecule has 20 aromatic carbocycles. The number of rotatable bonds is 29. The summed E-state index contributed by atoms with van der Waals surface area (Å²) in [5.74, 6) is 0. The fraction of sp³-hybridized carbons (Fsp3) is 0.0657. The van der Waals surface area contributed by atoms with Crippen LogP contribution in [0.4, 0.5) is 68.2 Å². The molecule has 2 atom stereocenters. The lowest BCUT2D eigenvalue weighted by atomic mass is 9.97. The summed E-state index contributed by atoms with van der Waals surface area (Å²) < 4.78 is 0. The Kier molecular flexibility index (Phi) is 26.6. The van der Waals surface area contributed by atoms with Crippen LogP contribution in [-0.2, 0) is 25.2 Å². The van der Waals surface area contributed by atoms with Crippen molar-refractivity contribution in [2.75, 3.05) is 19.6 Å². The normalized spacial score (nSPS) is 11.5. The first-order valence-corrected chi connectivity index (χ1v) is 53.1. The molecule has 0 radical (unpaired) electrons. The van der Waals surface area contributed by atoms with Crippen LogP contribution >= 0.6 is 15.1 Å². The topological polar surface area (TPSA) is 13.0 Å². The smallest absolute Gasteiger partial charge is 0.0462 e. The van der Waals surface area contributed by atoms with Crippen molar-refractivity contribution in [1.82, 2.24) is 0 Å². The second-order valence-electron chi connectivity index (χ2n) is 36.7. The minimum absolute atomic E-state index is 0.653. The van der Waals surface area contributed by atoms with E-state index < -0.39 is 15.1 Å². The zero-order valence-corrected chi connectivity index (χ0v) is 83.0. The van der Waals surface area contributed by atoms with E-state index in [4.69, 9.17) is 0 Å². The molecule has 0 aliphatic carbocycles. The summed E-state index contributed by atoms with van der Waals surface area (Å²) >= 11 is 0. The molecular weight excluding hydrogens is 1760 g/mol. The Balaban J connectivity index is 0.517. The number of hydrogen-bond acceptors (Lipinski definition) is 4. The Labute approximate surface area is 844 Å². The molecule has 0 spiro atoms. The van der Waals surface area contributed by atoms with Gasteiger partial charge in [-0.3, -0.25) is 0 Å². The van der Waals surface area contributed by atoms with Crippen LogP contribution in [0.1, 0.15) is 44.4 Å². The van der Waals surface area contributed by atoms with Crippen LogP contribution in [0, 0.1) is 6.92 Å². The summed E-state index contributed by atoms with van der Waals surface area (Å²) in [7, 11) is -1.34. The van der Waals surface area contributed by atoms with Crippen LogP contribution < -0.4 is 19.6 Å². The monoisotopic (exact) mass is 1870 g/mol. The largest absolute Gasteiger partial charge is 0.311 e. The molecule has 0 saturated heterocycles. The molecule has 0 aliphatic rings. The first-order valence-electron chi connectivity index (χ1n) is 50.0. The van der Waals surface area contributed by atoms with E-state index in [2.05, 4.69) is 582 Å². The van der Waals surface area contributed by atoms with Crippen molar-refractivity contribution in [3.8, 4) is 144 Å². The fourth-order valence-corrected chi connectivity index (χ4v) is 26.6. The highest BCUT2D eigenvalue weighted by Gasteiger charge is 2.27. The molecule has 688 valence electrons. The van der Waals surface area contributed by atoms with E-state index in [1.54, 1.807) is 0 Å². The summed E-state index contributed by atoms with van der Waals surface area (Å²) in [6.45, 7) is 11.8. The van der Waals surface area contributed by atoms with Crippen LogP contribution in [0.5, 0.6) is 0 Å². The molecule has 2 unspecified atom stereocenters. The lowest BCUT2D eigenvalue weighted by Gasteiger charge is -2.26. The van der Waals surface area contributed by atoms with Gasteiger partial charge in [-0.05, 0) is 329 Å². The fourth-order valence-electron chi connectivity index (χ4n) is 20.9.